The average Bonchev–Trinajstić information content (AvgIpc) is 2.32. The zero-order valence-corrected chi connectivity index (χ0v) is 11.2. The van der Waals surface area contributed by atoms with Crippen molar-refractivity contribution in [1.82, 2.24) is 4.98 Å². The van der Waals surface area contributed by atoms with Crippen LogP contribution in [0.1, 0.15) is 19.4 Å². The summed E-state index contributed by atoms with van der Waals surface area (Å²) in [5.74, 6) is 0.811. The third-order valence-electron chi connectivity index (χ3n) is 2.67. The van der Waals surface area contributed by atoms with Crippen LogP contribution in [0, 0.1) is 0 Å². The van der Waals surface area contributed by atoms with Crippen molar-refractivity contribution in [1.29, 1.82) is 0 Å². The van der Waals surface area contributed by atoms with E-state index in [-0.39, 0.29) is 12.6 Å². The Morgan fingerprint density at radius 2 is 2.29 bits per heavy atom. The van der Waals surface area contributed by atoms with Crippen LogP contribution in [0.4, 0.5) is 5.82 Å². The lowest BCUT2D eigenvalue weighted by atomic mass is 10.2. The quantitative estimate of drug-likeness (QED) is 0.849. The van der Waals surface area contributed by atoms with Gasteiger partial charge in [-0.05, 0) is 19.9 Å². The van der Waals surface area contributed by atoms with Gasteiger partial charge in [0.15, 0.2) is 0 Å². The van der Waals surface area contributed by atoms with Crippen LogP contribution in [0.3, 0.4) is 0 Å². The van der Waals surface area contributed by atoms with Gasteiger partial charge in [-0.3, -0.25) is 0 Å². The van der Waals surface area contributed by atoms with Crippen LogP contribution in [0.2, 0.25) is 5.02 Å². The minimum Gasteiger partial charge on any atom is -0.392 e. The molecule has 0 amide bonds. The number of pyridine rings is 1. The van der Waals surface area contributed by atoms with Gasteiger partial charge in [0.2, 0.25) is 0 Å². The summed E-state index contributed by atoms with van der Waals surface area (Å²) in [6.45, 7) is 5.50. The molecule has 96 valence electrons. The number of aliphatic hydroxyl groups excluding tert-OH is 1. The van der Waals surface area contributed by atoms with Crippen LogP contribution in [-0.4, -0.2) is 36.4 Å². The Kier molecular flexibility index (Phi) is 5.68. The predicted octanol–water partition coefficient (Wildman–Crippen LogP) is 2.09. The lowest BCUT2D eigenvalue weighted by Gasteiger charge is -2.29. The number of hydrogen-bond donors (Lipinski definition) is 1. The summed E-state index contributed by atoms with van der Waals surface area (Å²) in [6.07, 6.45) is 1.57. The highest BCUT2D eigenvalue weighted by atomic mass is 35.5. The first-order valence-electron chi connectivity index (χ1n) is 5.64. The van der Waals surface area contributed by atoms with E-state index in [1.165, 1.54) is 0 Å². The van der Waals surface area contributed by atoms with Crippen molar-refractivity contribution in [2.75, 3.05) is 25.2 Å². The molecule has 1 aromatic rings. The third kappa shape index (κ3) is 3.56. The minimum absolute atomic E-state index is 0.0788. The largest absolute Gasteiger partial charge is 0.392 e. The number of methoxy groups -OCH3 is 1. The lowest BCUT2D eigenvalue weighted by Crippen LogP contribution is -2.36. The second kappa shape index (κ2) is 6.79. The summed E-state index contributed by atoms with van der Waals surface area (Å²) in [5, 5.41) is 9.68. The Hall–Kier alpha value is -0.840. The fourth-order valence-corrected chi connectivity index (χ4v) is 1.94. The fourth-order valence-electron chi connectivity index (χ4n) is 1.78. The number of likely N-dealkylation sites (N-methyl/N-ethyl adjacent to an activating group) is 1. The van der Waals surface area contributed by atoms with E-state index in [0.29, 0.717) is 17.2 Å². The van der Waals surface area contributed by atoms with E-state index >= 15 is 0 Å². The maximum atomic E-state index is 9.18. The first kappa shape index (κ1) is 14.2. The van der Waals surface area contributed by atoms with Crippen molar-refractivity contribution in [3.8, 4) is 0 Å². The van der Waals surface area contributed by atoms with E-state index in [4.69, 9.17) is 16.3 Å². The fraction of sp³-hybridized carbons (Fsp3) is 0.583. The summed E-state index contributed by atoms with van der Waals surface area (Å²) in [5.41, 5.74) is 0.694. The molecule has 0 fully saturated rings. The molecule has 5 heteroatoms. The second-order valence-corrected chi connectivity index (χ2v) is 4.29. The van der Waals surface area contributed by atoms with E-state index in [1.807, 2.05) is 6.07 Å². The van der Waals surface area contributed by atoms with Crippen LogP contribution >= 0.6 is 11.6 Å². The van der Waals surface area contributed by atoms with Crippen LogP contribution in [0.15, 0.2) is 12.3 Å². The van der Waals surface area contributed by atoms with Gasteiger partial charge < -0.3 is 14.7 Å². The van der Waals surface area contributed by atoms with Crippen molar-refractivity contribution in [2.45, 2.75) is 26.5 Å². The zero-order valence-electron chi connectivity index (χ0n) is 10.5. The average molecular weight is 259 g/mol. The summed E-state index contributed by atoms with van der Waals surface area (Å²) in [4.78, 5) is 6.40. The molecule has 1 N–H and O–H groups in total. The number of halogens is 1. The summed E-state index contributed by atoms with van der Waals surface area (Å²) in [6, 6.07) is 2.04. The second-order valence-electron chi connectivity index (χ2n) is 3.88. The highest BCUT2D eigenvalue weighted by molar-refractivity contribution is 6.31. The molecule has 1 unspecified atom stereocenters. The van der Waals surface area contributed by atoms with E-state index in [1.54, 1.807) is 13.3 Å². The molecule has 1 rings (SSSR count). The van der Waals surface area contributed by atoms with E-state index < -0.39 is 0 Å². The van der Waals surface area contributed by atoms with Crippen LogP contribution < -0.4 is 4.90 Å². The zero-order chi connectivity index (χ0) is 12.8. The highest BCUT2D eigenvalue weighted by Gasteiger charge is 2.15. The maximum Gasteiger partial charge on any atom is 0.129 e. The Morgan fingerprint density at radius 1 is 1.59 bits per heavy atom. The van der Waals surface area contributed by atoms with Gasteiger partial charge in [-0.25, -0.2) is 4.98 Å². The molecule has 0 aliphatic rings. The Labute approximate surface area is 107 Å². The van der Waals surface area contributed by atoms with Gasteiger partial charge in [0.05, 0.1) is 24.3 Å². The van der Waals surface area contributed by atoms with Gasteiger partial charge >= 0.3 is 0 Å². The third-order valence-corrected chi connectivity index (χ3v) is 3.01. The molecule has 0 bridgehead atoms. The minimum atomic E-state index is -0.0788. The van der Waals surface area contributed by atoms with E-state index in [9.17, 15) is 5.11 Å². The van der Waals surface area contributed by atoms with Crippen LogP contribution in [0.5, 0.6) is 0 Å². The van der Waals surface area contributed by atoms with Crippen LogP contribution in [0.25, 0.3) is 0 Å². The smallest absolute Gasteiger partial charge is 0.129 e. The lowest BCUT2D eigenvalue weighted by molar-refractivity contribution is 0.181. The van der Waals surface area contributed by atoms with Gasteiger partial charge in [0.25, 0.3) is 0 Å². The van der Waals surface area contributed by atoms with E-state index in [0.717, 1.165) is 12.4 Å². The number of aromatic nitrogens is 1. The number of anilines is 1. The van der Waals surface area contributed by atoms with Gasteiger partial charge in [-0.1, -0.05) is 11.6 Å². The molecule has 0 aliphatic carbocycles. The summed E-state index contributed by atoms with van der Waals surface area (Å²) >= 11 is 5.92. The van der Waals surface area contributed by atoms with Crippen molar-refractivity contribution in [3.05, 3.63) is 22.8 Å². The SMILES string of the molecule is CCN(c1cc(CO)c(Cl)cn1)C(C)COC. The molecule has 0 aliphatic heterocycles. The molecule has 0 saturated heterocycles. The molecule has 1 heterocycles. The first-order valence-corrected chi connectivity index (χ1v) is 6.02. The normalized spacial score (nSPS) is 12.5. The van der Waals surface area contributed by atoms with Gasteiger partial charge in [0, 0.05) is 25.4 Å². The molecule has 0 aromatic carbocycles. The molecule has 0 radical (unpaired) electrons. The molecule has 1 atom stereocenters. The maximum absolute atomic E-state index is 9.18. The highest BCUT2D eigenvalue weighted by Crippen LogP contribution is 2.21. The molecular formula is C12H19ClN2O2. The molecule has 0 spiro atoms. The summed E-state index contributed by atoms with van der Waals surface area (Å²) < 4.78 is 5.14. The number of nitrogens with zero attached hydrogens (tertiary/aromatic N) is 2. The molecule has 1 aromatic heterocycles. The van der Waals surface area contributed by atoms with E-state index in [2.05, 4.69) is 23.7 Å². The van der Waals surface area contributed by atoms with Crippen molar-refractivity contribution < 1.29 is 9.84 Å². The topological polar surface area (TPSA) is 45.6 Å². The predicted molar refractivity (Wildman–Crippen MR) is 69.5 cm³/mol. The van der Waals surface area contributed by atoms with Gasteiger partial charge in [0.1, 0.15) is 5.82 Å². The Bertz CT molecular complexity index is 360. The van der Waals surface area contributed by atoms with Crippen molar-refractivity contribution >= 4 is 17.4 Å². The molecule has 0 saturated carbocycles. The monoisotopic (exact) mass is 258 g/mol. The number of hydrogen-bond acceptors (Lipinski definition) is 4. The Balaban J connectivity index is 2.95. The number of rotatable bonds is 6. The van der Waals surface area contributed by atoms with Crippen molar-refractivity contribution in [3.63, 3.8) is 0 Å². The molecule has 4 nitrogen and oxygen atoms in total. The molecular weight excluding hydrogens is 240 g/mol. The standard InChI is InChI=1S/C12H19ClN2O2/c1-4-15(9(2)8-17-3)12-5-10(7-16)11(13)6-14-12/h5-6,9,16H,4,7-8H2,1-3H3. The van der Waals surface area contributed by atoms with Gasteiger partial charge in [-0.15, -0.1) is 0 Å². The molecule has 17 heavy (non-hydrogen) atoms. The van der Waals surface area contributed by atoms with Gasteiger partial charge in [-0.2, -0.15) is 0 Å². The number of aliphatic hydroxyl groups is 1. The summed E-state index contributed by atoms with van der Waals surface area (Å²) in [7, 11) is 1.68. The van der Waals surface area contributed by atoms with Crippen molar-refractivity contribution in [2.24, 2.45) is 0 Å². The van der Waals surface area contributed by atoms with Crippen LogP contribution in [-0.2, 0) is 11.3 Å². The first-order chi connectivity index (χ1) is 8.13. The number of ether oxygens (including phenoxy) is 1. The Morgan fingerprint density at radius 3 is 2.82 bits per heavy atom.